The smallest absolute Gasteiger partial charge is 0.219 e. The molecule has 0 aliphatic carbocycles. The Labute approximate surface area is 171 Å². The van der Waals surface area contributed by atoms with Crippen LogP contribution in [-0.4, -0.2) is 45.7 Å². The average molecular weight is 423 g/mol. The highest BCUT2D eigenvalue weighted by Gasteiger charge is 2.25. The molecule has 28 heavy (non-hydrogen) atoms. The van der Waals surface area contributed by atoms with Gasteiger partial charge in [0, 0.05) is 20.8 Å². The molecule has 0 heterocycles. The second-order valence-electron chi connectivity index (χ2n) is 6.10. The minimum Gasteiger partial charge on any atom is -0.395 e. The molecule has 9 heteroatoms. The number of thioether (sulfide) groups is 2. The number of hydrogen-bond acceptors (Lipinski definition) is 7. The van der Waals surface area contributed by atoms with E-state index in [-0.39, 0.29) is 45.3 Å². The first-order valence-electron chi connectivity index (χ1n) is 8.71. The SMILES string of the molecule is O=[N+]([O-])CC(SCC(CO)SC(C[N+](=O)[O-])c1ccccc1)c1ccccc1. The summed E-state index contributed by atoms with van der Waals surface area (Å²) in [6, 6.07) is 18.4. The number of rotatable bonds is 12. The first-order chi connectivity index (χ1) is 13.5. The van der Waals surface area contributed by atoms with Gasteiger partial charge in [-0.25, -0.2) is 0 Å². The number of aliphatic hydroxyl groups is 1. The molecule has 0 aliphatic heterocycles. The van der Waals surface area contributed by atoms with Gasteiger partial charge in [-0.05, 0) is 11.1 Å². The Bertz CT molecular complexity index is 749. The Kier molecular flexibility index (Phi) is 9.26. The largest absolute Gasteiger partial charge is 0.395 e. The lowest BCUT2D eigenvalue weighted by Crippen LogP contribution is -2.20. The van der Waals surface area contributed by atoms with Crippen molar-refractivity contribution in [2.24, 2.45) is 0 Å². The Morgan fingerprint density at radius 3 is 1.75 bits per heavy atom. The van der Waals surface area contributed by atoms with Gasteiger partial charge in [0.1, 0.15) is 0 Å². The van der Waals surface area contributed by atoms with Crippen LogP contribution in [0.15, 0.2) is 60.7 Å². The van der Waals surface area contributed by atoms with Crippen molar-refractivity contribution in [1.82, 2.24) is 0 Å². The summed E-state index contributed by atoms with van der Waals surface area (Å²) in [4.78, 5) is 21.4. The number of aliphatic hydroxyl groups excluding tert-OH is 1. The highest BCUT2D eigenvalue weighted by atomic mass is 32.2. The fourth-order valence-electron chi connectivity index (χ4n) is 2.68. The molecule has 0 aliphatic rings. The third-order valence-corrected chi connectivity index (χ3v) is 7.10. The monoisotopic (exact) mass is 422 g/mol. The minimum atomic E-state index is -0.389. The maximum Gasteiger partial charge on any atom is 0.219 e. The lowest BCUT2D eigenvalue weighted by Gasteiger charge is -2.21. The van der Waals surface area contributed by atoms with Crippen molar-refractivity contribution in [3.63, 3.8) is 0 Å². The second-order valence-corrected chi connectivity index (χ2v) is 8.85. The van der Waals surface area contributed by atoms with E-state index in [4.69, 9.17) is 0 Å². The molecule has 3 atom stereocenters. The summed E-state index contributed by atoms with van der Waals surface area (Å²) in [5.74, 6) is 0.454. The zero-order valence-corrected chi connectivity index (χ0v) is 16.8. The lowest BCUT2D eigenvalue weighted by molar-refractivity contribution is -0.479. The fourth-order valence-corrected chi connectivity index (χ4v) is 5.43. The molecule has 0 aromatic heterocycles. The molecule has 2 aromatic carbocycles. The molecule has 150 valence electrons. The van der Waals surface area contributed by atoms with Crippen LogP contribution in [0.5, 0.6) is 0 Å². The maximum absolute atomic E-state index is 11.1. The van der Waals surface area contributed by atoms with Crippen molar-refractivity contribution in [3.8, 4) is 0 Å². The van der Waals surface area contributed by atoms with Crippen LogP contribution in [0.1, 0.15) is 21.6 Å². The molecule has 0 spiro atoms. The topological polar surface area (TPSA) is 107 Å². The van der Waals surface area contributed by atoms with Crippen molar-refractivity contribution in [2.45, 2.75) is 15.7 Å². The van der Waals surface area contributed by atoms with Crippen LogP contribution in [0.2, 0.25) is 0 Å². The van der Waals surface area contributed by atoms with Crippen LogP contribution < -0.4 is 0 Å². The van der Waals surface area contributed by atoms with E-state index in [9.17, 15) is 25.3 Å². The average Bonchev–Trinajstić information content (AvgIpc) is 2.70. The molecule has 7 nitrogen and oxygen atoms in total. The molecular weight excluding hydrogens is 400 g/mol. The number of nitrogens with zero attached hydrogens (tertiary/aromatic N) is 2. The summed E-state index contributed by atoms with van der Waals surface area (Å²) >= 11 is 2.74. The zero-order valence-electron chi connectivity index (χ0n) is 15.1. The highest BCUT2D eigenvalue weighted by molar-refractivity contribution is 8.03. The van der Waals surface area contributed by atoms with E-state index in [1.165, 1.54) is 23.5 Å². The summed E-state index contributed by atoms with van der Waals surface area (Å²) in [6.07, 6.45) is 0. The lowest BCUT2D eigenvalue weighted by atomic mass is 10.1. The summed E-state index contributed by atoms with van der Waals surface area (Å²) < 4.78 is 0. The molecule has 0 saturated heterocycles. The van der Waals surface area contributed by atoms with Gasteiger partial charge in [0.05, 0.1) is 17.1 Å². The van der Waals surface area contributed by atoms with Crippen LogP contribution >= 0.6 is 23.5 Å². The normalized spacial score (nSPS) is 14.2. The number of benzene rings is 2. The molecule has 2 rings (SSSR count). The van der Waals surface area contributed by atoms with E-state index in [2.05, 4.69) is 0 Å². The van der Waals surface area contributed by atoms with Crippen LogP contribution in [-0.2, 0) is 0 Å². The predicted octanol–water partition coefficient (Wildman–Crippen LogP) is 3.85. The number of nitro groups is 2. The van der Waals surface area contributed by atoms with Gasteiger partial charge in [-0.15, -0.1) is 23.5 Å². The van der Waals surface area contributed by atoms with E-state index in [1.54, 1.807) is 0 Å². The Morgan fingerprint density at radius 1 is 0.821 bits per heavy atom. The third-order valence-electron chi connectivity index (χ3n) is 4.02. The van der Waals surface area contributed by atoms with Crippen LogP contribution in [0.25, 0.3) is 0 Å². The predicted molar refractivity (Wildman–Crippen MR) is 113 cm³/mol. The molecule has 0 amide bonds. The molecule has 2 aromatic rings. The van der Waals surface area contributed by atoms with Crippen molar-refractivity contribution < 1.29 is 15.0 Å². The van der Waals surface area contributed by atoms with Crippen LogP contribution in [0.3, 0.4) is 0 Å². The highest BCUT2D eigenvalue weighted by Crippen LogP contribution is 2.37. The zero-order chi connectivity index (χ0) is 20.4. The molecule has 0 radical (unpaired) electrons. The molecule has 3 unspecified atom stereocenters. The first-order valence-corrected chi connectivity index (χ1v) is 10.7. The Hall–Kier alpha value is -2.10. The van der Waals surface area contributed by atoms with Crippen LogP contribution in [0.4, 0.5) is 0 Å². The quantitative estimate of drug-likeness (QED) is 0.409. The van der Waals surface area contributed by atoms with Crippen molar-refractivity contribution in [3.05, 3.63) is 92.0 Å². The van der Waals surface area contributed by atoms with Crippen LogP contribution in [0, 0.1) is 20.2 Å². The van der Waals surface area contributed by atoms with Crippen molar-refractivity contribution >= 4 is 23.5 Å². The first kappa shape index (κ1) is 22.2. The second kappa shape index (κ2) is 11.7. The van der Waals surface area contributed by atoms with E-state index >= 15 is 0 Å². The molecule has 0 bridgehead atoms. The summed E-state index contributed by atoms with van der Waals surface area (Å²) in [5, 5.41) is 30.9. The summed E-state index contributed by atoms with van der Waals surface area (Å²) in [5.41, 5.74) is 1.69. The standard InChI is InChI=1S/C19H22N2O5S2/c22-13-17(28-19(12-21(25)26)16-9-5-2-6-10-16)14-27-18(11-20(23)24)15-7-3-1-4-8-15/h1-10,17-19,22H,11-14H2. The van der Waals surface area contributed by atoms with Gasteiger partial charge >= 0.3 is 0 Å². The van der Waals surface area contributed by atoms with E-state index in [0.717, 1.165) is 11.1 Å². The summed E-state index contributed by atoms with van der Waals surface area (Å²) in [7, 11) is 0. The van der Waals surface area contributed by atoms with Crippen molar-refractivity contribution in [2.75, 3.05) is 25.4 Å². The number of hydrogen-bond donors (Lipinski definition) is 1. The minimum absolute atomic E-state index is 0.154. The molecular formula is C19H22N2O5S2. The van der Waals surface area contributed by atoms with E-state index < -0.39 is 0 Å². The van der Waals surface area contributed by atoms with Gasteiger partial charge < -0.3 is 5.11 Å². The molecule has 0 saturated carbocycles. The summed E-state index contributed by atoms with van der Waals surface area (Å²) in [6.45, 7) is -0.611. The van der Waals surface area contributed by atoms with Gasteiger partial charge in [-0.2, -0.15) is 0 Å². The third kappa shape index (κ3) is 7.49. The van der Waals surface area contributed by atoms with Gasteiger partial charge in [0.2, 0.25) is 13.1 Å². The molecule has 0 fully saturated rings. The Morgan fingerprint density at radius 2 is 1.29 bits per heavy atom. The van der Waals surface area contributed by atoms with Crippen molar-refractivity contribution in [1.29, 1.82) is 0 Å². The van der Waals surface area contributed by atoms with Gasteiger partial charge in [0.15, 0.2) is 0 Å². The van der Waals surface area contributed by atoms with E-state index in [0.29, 0.717) is 5.75 Å². The fraction of sp³-hybridized carbons (Fsp3) is 0.368. The Balaban J connectivity index is 2.06. The van der Waals surface area contributed by atoms with E-state index in [1.807, 2.05) is 60.7 Å². The molecule has 1 N–H and O–H groups in total. The maximum atomic E-state index is 11.1. The van der Waals surface area contributed by atoms with Gasteiger partial charge in [0.25, 0.3) is 0 Å². The van der Waals surface area contributed by atoms with Gasteiger partial charge in [-0.3, -0.25) is 20.2 Å². The van der Waals surface area contributed by atoms with Gasteiger partial charge in [-0.1, -0.05) is 60.7 Å².